The van der Waals surface area contributed by atoms with Gasteiger partial charge in [-0.25, -0.2) is 8.42 Å². The van der Waals surface area contributed by atoms with Crippen molar-refractivity contribution in [3.63, 3.8) is 0 Å². The minimum absolute atomic E-state index is 0.153. The van der Waals surface area contributed by atoms with E-state index in [1.165, 1.54) is 0 Å². The van der Waals surface area contributed by atoms with Crippen molar-refractivity contribution in [1.82, 2.24) is 0 Å². The molecule has 1 rings (SSSR count). The first-order valence-electron chi connectivity index (χ1n) is 8.31. The second-order valence-corrected chi connectivity index (χ2v) is 9.32. The zero-order valence-corrected chi connectivity index (χ0v) is 15.1. The molecule has 0 saturated carbocycles. The minimum Gasteiger partial charge on any atom is -0.372 e. The second kappa shape index (κ2) is 7.77. The number of hydrogen-bond acceptors (Lipinski definition) is 3. The van der Waals surface area contributed by atoms with Crippen LogP contribution in [0.25, 0.3) is 0 Å². The van der Waals surface area contributed by atoms with E-state index in [1.807, 2.05) is 26.8 Å². The SMILES string of the molecule is CCCC(CCC)S(=O)(=O)C1=CCC(OC(C)(C)C)CC1. The molecule has 1 aliphatic rings. The van der Waals surface area contributed by atoms with Crippen LogP contribution < -0.4 is 0 Å². The topological polar surface area (TPSA) is 43.4 Å². The average Bonchev–Trinajstić information content (AvgIpc) is 2.37. The molecule has 0 N–H and O–H groups in total. The normalized spacial score (nSPS) is 20.7. The van der Waals surface area contributed by atoms with Gasteiger partial charge in [-0.05, 0) is 52.9 Å². The third-order valence-corrected chi connectivity index (χ3v) is 6.32. The van der Waals surface area contributed by atoms with Crippen molar-refractivity contribution in [3.8, 4) is 0 Å². The molecule has 0 radical (unpaired) electrons. The van der Waals surface area contributed by atoms with Gasteiger partial charge in [-0.3, -0.25) is 0 Å². The molecule has 0 aromatic rings. The summed E-state index contributed by atoms with van der Waals surface area (Å²) in [6.07, 6.45) is 7.62. The molecular formula is C17H32O3S. The predicted octanol–water partition coefficient (Wildman–Crippen LogP) is 4.62. The lowest BCUT2D eigenvalue weighted by Gasteiger charge is -2.30. The summed E-state index contributed by atoms with van der Waals surface area (Å²) in [4.78, 5) is 0.656. The molecule has 124 valence electrons. The van der Waals surface area contributed by atoms with E-state index in [-0.39, 0.29) is 17.0 Å². The van der Waals surface area contributed by atoms with Crippen LogP contribution in [0.5, 0.6) is 0 Å². The van der Waals surface area contributed by atoms with Crippen LogP contribution in [-0.2, 0) is 14.6 Å². The van der Waals surface area contributed by atoms with Gasteiger partial charge in [-0.15, -0.1) is 0 Å². The van der Waals surface area contributed by atoms with E-state index < -0.39 is 9.84 Å². The Morgan fingerprint density at radius 2 is 1.81 bits per heavy atom. The summed E-state index contributed by atoms with van der Waals surface area (Å²) in [6.45, 7) is 10.2. The van der Waals surface area contributed by atoms with Crippen LogP contribution in [0.4, 0.5) is 0 Å². The first kappa shape index (κ1) is 18.7. The summed E-state index contributed by atoms with van der Waals surface area (Å²) >= 11 is 0. The van der Waals surface area contributed by atoms with E-state index >= 15 is 0 Å². The first-order chi connectivity index (χ1) is 9.70. The molecule has 0 aliphatic heterocycles. The Bertz CT molecular complexity index is 437. The monoisotopic (exact) mass is 316 g/mol. The lowest BCUT2D eigenvalue weighted by molar-refractivity contribution is -0.0625. The smallest absolute Gasteiger partial charge is 0.177 e. The van der Waals surface area contributed by atoms with Crippen LogP contribution in [0.2, 0.25) is 0 Å². The molecule has 1 atom stereocenters. The van der Waals surface area contributed by atoms with Crippen LogP contribution >= 0.6 is 0 Å². The summed E-state index contributed by atoms with van der Waals surface area (Å²) in [5.41, 5.74) is -0.165. The molecule has 4 heteroatoms. The molecule has 0 bridgehead atoms. The maximum absolute atomic E-state index is 12.7. The second-order valence-electron chi connectivity index (χ2n) is 7.04. The quantitative estimate of drug-likeness (QED) is 0.688. The number of hydrogen-bond donors (Lipinski definition) is 0. The van der Waals surface area contributed by atoms with Crippen molar-refractivity contribution >= 4 is 9.84 Å². The van der Waals surface area contributed by atoms with E-state index in [1.54, 1.807) is 0 Å². The summed E-state index contributed by atoms with van der Waals surface area (Å²) in [5.74, 6) is 0. The lowest BCUT2D eigenvalue weighted by Crippen LogP contribution is -2.30. The van der Waals surface area contributed by atoms with Gasteiger partial charge in [-0.2, -0.15) is 0 Å². The van der Waals surface area contributed by atoms with Crippen molar-refractivity contribution in [2.75, 3.05) is 0 Å². The van der Waals surface area contributed by atoms with Crippen molar-refractivity contribution in [2.45, 2.75) is 96.5 Å². The number of allylic oxidation sites excluding steroid dienone is 1. The Morgan fingerprint density at radius 3 is 2.19 bits per heavy atom. The van der Waals surface area contributed by atoms with Crippen LogP contribution in [0.3, 0.4) is 0 Å². The maximum atomic E-state index is 12.7. The minimum atomic E-state index is -3.11. The summed E-state index contributed by atoms with van der Waals surface area (Å²) in [7, 11) is -3.11. The van der Waals surface area contributed by atoms with Crippen LogP contribution in [-0.4, -0.2) is 25.4 Å². The average molecular weight is 317 g/mol. The Kier molecular flexibility index (Phi) is 6.92. The van der Waals surface area contributed by atoms with Gasteiger partial charge < -0.3 is 4.74 Å². The lowest BCUT2D eigenvalue weighted by atomic mass is 10.0. The van der Waals surface area contributed by atoms with E-state index in [9.17, 15) is 8.42 Å². The van der Waals surface area contributed by atoms with Gasteiger partial charge in [0.25, 0.3) is 0 Å². The fraction of sp³-hybridized carbons (Fsp3) is 0.882. The molecule has 0 fully saturated rings. The van der Waals surface area contributed by atoms with Gasteiger partial charge in [0.15, 0.2) is 9.84 Å². The fourth-order valence-corrected chi connectivity index (χ4v) is 5.22. The Labute approximate surface area is 131 Å². The van der Waals surface area contributed by atoms with E-state index in [0.717, 1.165) is 38.5 Å². The molecule has 0 saturated heterocycles. The molecule has 0 aromatic carbocycles. The largest absolute Gasteiger partial charge is 0.372 e. The highest BCUT2D eigenvalue weighted by atomic mass is 32.2. The first-order valence-corrected chi connectivity index (χ1v) is 9.86. The molecule has 1 aliphatic carbocycles. The standard InChI is InChI=1S/C17H32O3S/c1-6-8-15(9-7-2)21(18,19)16-12-10-14(11-13-16)20-17(3,4)5/h12,14-15H,6-11,13H2,1-5H3. The third-order valence-electron chi connectivity index (χ3n) is 3.87. The molecule has 21 heavy (non-hydrogen) atoms. The zero-order chi connectivity index (χ0) is 16.1. The highest BCUT2D eigenvalue weighted by Crippen LogP contribution is 2.31. The molecule has 0 aromatic heterocycles. The fourth-order valence-electron chi connectivity index (χ4n) is 2.96. The Hall–Kier alpha value is -0.350. The van der Waals surface area contributed by atoms with Gasteiger partial charge in [0.05, 0.1) is 17.0 Å². The van der Waals surface area contributed by atoms with E-state index in [2.05, 4.69) is 13.8 Å². The van der Waals surface area contributed by atoms with Crippen LogP contribution in [0, 0.1) is 0 Å². The Morgan fingerprint density at radius 1 is 1.24 bits per heavy atom. The number of sulfone groups is 1. The van der Waals surface area contributed by atoms with E-state index in [4.69, 9.17) is 4.74 Å². The number of rotatable bonds is 7. The summed E-state index contributed by atoms with van der Waals surface area (Å²) in [6, 6.07) is 0. The van der Waals surface area contributed by atoms with Crippen LogP contribution in [0.15, 0.2) is 11.0 Å². The van der Waals surface area contributed by atoms with Crippen molar-refractivity contribution in [1.29, 1.82) is 0 Å². The molecule has 0 spiro atoms. The highest BCUT2D eigenvalue weighted by Gasteiger charge is 2.31. The number of ether oxygens (including phenoxy) is 1. The van der Waals surface area contributed by atoms with Crippen molar-refractivity contribution in [2.24, 2.45) is 0 Å². The van der Waals surface area contributed by atoms with Crippen molar-refractivity contribution < 1.29 is 13.2 Å². The highest BCUT2D eigenvalue weighted by molar-refractivity contribution is 7.95. The molecule has 0 amide bonds. The van der Waals surface area contributed by atoms with Gasteiger partial charge in [0, 0.05) is 4.91 Å². The molecule has 1 unspecified atom stereocenters. The van der Waals surface area contributed by atoms with Gasteiger partial charge in [0.1, 0.15) is 0 Å². The molecular weight excluding hydrogens is 284 g/mol. The molecule has 3 nitrogen and oxygen atoms in total. The molecule has 0 heterocycles. The summed E-state index contributed by atoms with van der Waals surface area (Å²) < 4.78 is 31.5. The third kappa shape index (κ3) is 5.74. The van der Waals surface area contributed by atoms with Gasteiger partial charge in [-0.1, -0.05) is 32.8 Å². The van der Waals surface area contributed by atoms with Gasteiger partial charge >= 0.3 is 0 Å². The maximum Gasteiger partial charge on any atom is 0.177 e. The van der Waals surface area contributed by atoms with E-state index in [0.29, 0.717) is 11.3 Å². The Balaban J connectivity index is 2.77. The van der Waals surface area contributed by atoms with Crippen LogP contribution in [0.1, 0.15) is 79.6 Å². The van der Waals surface area contributed by atoms with Gasteiger partial charge in [0.2, 0.25) is 0 Å². The van der Waals surface area contributed by atoms with Crippen molar-refractivity contribution in [3.05, 3.63) is 11.0 Å². The zero-order valence-electron chi connectivity index (χ0n) is 14.3. The predicted molar refractivity (Wildman–Crippen MR) is 89.1 cm³/mol. The summed E-state index contributed by atoms with van der Waals surface area (Å²) in [5, 5.41) is -0.196.